The molecule has 21 heavy (non-hydrogen) atoms. The van der Waals surface area contributed by atoms with Crippen LogP contribution in [-0.2, 0) is 11.3 Å². The second-order valence-corrected chi connectivity index (χ2v) is 7.41. The fourth-order valence-corrected chi connectivity index (χ4v) is 4.49. The van der Waals surface area contributed by atoms with Crippen molar-refractivity contribution in [2.75, 3.05) is 18.1 Å². The normalized spacial score (nSPS) is 23.4. The summed E-state index contributed by atoms with van der Waals surface area (Å²) in [6.07, 6.45) is 3.37. The number of carboxylic acid groups (broad SMARTS) is 1. The lowest BCUT2D eigenvalue weighted by molar-refractivity contribution is -0.144. The van der Waals surface area contributed by atoms with Crippen LogP contribution < -0.4 is 0 Å². The maximum atomic E-state index is 11.7. The highest BCUT2D eigenvalue weighted by atomic mass is 32.2. The van der Waals surface area contributed by atoms with Gasteiger partial charge in [0.05, 0.1) is 0 Å². The molecule has 1 aromatic rings. The van der Waals surface area contributed by atoms with Crippen LogP contribution in [0.4, 0.5) is 0 Å². The van der Waals surface area contributed by atoms with E-state index in [1.165, 1.54) is 23.5 Å². The Balaban J connectivity index is 1.73. The van der Waals surface area contributed by atoms with E-state index in [1.807, 2.05) is 30.0 Å². The fraction of sp³-hybridized carbons (Fsp3) is 0.588. The second-order valence-electron chi connectivity index (χ2n) is 6.27. The fourth-order valence-electron chi connectivity index (χ4n) is 3.22. The molecule has 1 aliphatic carbocycles. The van der Waals surface area contributed by atoms with Gasteiger partial charge in [0.15, 0.2) is 0 Å². The van der Waals surface area contributed by atoms with Gasteiger partial charge in [-0.15, -0.1) is 0 Å². The van der Waals surface area contributed by atoms with Crippen molar-refractivity contribution >= 4 is 17.7 Å². The Bertz CT molecular complexity index is 469. The van der Waals surface area contributed by atoms with E-state index >= 15 is 0 Å². The summed E-state index contributed by atoms with van der Waals surface area (Å²) < 4.78 is 0. The molecule has 2 atom stereocenters. The summed E-state index contributed by atoms with van der Waals surface area (Å²) in [4.78, 5) is 14.0. The molecule has 0 spiro atoms. The quantitative estimate of drug-likeness (QED) is 0.840. The summed E-state index contributed by atoms with van der Waals surface area (Å²) in [6, 6.07) is 9.98. The molecule has 1 saturated carbocycles. The molecule has 2 fully saturated rings. The third kappa shape index (κ3) is 4.01. The second kappa shape index (κ2) is 6.84. The molecule has 4 heteroatoms. The number of thioether (sulfide) groups is 1. The smallest absolute Gasteiger partial charge is 0.321 e. The van der Waals surface area contributed by atoms with Gasteiger partial charge in [0.25, 0.3) is 0 Å². The van der Waals surface area contributed by atoms with Gasteiger partial charge in [-0.25, -0.2) is 0 Å². The first-order valence-corrected chi connectivity index (χ1v) is 8.98. The van der Waals surface area contributed by atoms with Crippen LogP contribution >= 0.6 is 11.8 Å². The van der Waals surface area contributed by atoms with Crippen LogP contribution in [0.5, 0.6) is 0 Å². The van der Waals surface area contributed by atoms with Gasteiger partial charge in [-0.1, -0.05) is 30.3 Å². The van der Waals surface area contributed by atoms with Crippen molar-refractivity contribution in [3.8, 4) is 0 Å². The Labute approximate surface area is 130 Å². The van der Waals surface area contributed by atoms with E-state index in [9.17, 15) is 9.90 Å². The molecule has 2 aliphatic rings. The Morgan fingerprint density at radius 2 is 2.05 bits per heavy atom. The zero-order valence-corrected chi connectivity index (χ0v) is 13.1. The molecular weight excluding hydrogens is 282 g/mol. The number of hydrogen-bond donors (Lipinski definition) is 1. The molecule has 2 unspecified atom stereocenters. The molecule has 1 saturated heterocycles. The SMILES string of the molecule is O=C(O)C(C1CC1)N(Cc1ccccc1)CC1CCSC1. The van der Waals surface area contributed by atoms with Crippen LogP contribution in [-0.4, -0.2) is 40.1 Å². The zero-order chi connectivity index (χ0) is 14.7. The zero-order valence-electron chi connectivity index (χ0n) is 12.3. The van der Waals surface area contributed by atoms with E-state index in [4.69, 9.17) is 0 Å². The molecule has 0 radical (unpaired) electrons. The predicted octanol–water partition coefficient (Wildman–Crippen LogP) is 3.10. The molecule has 3 rings (SSSR count). The lowest BCUT2D eigenvalue weighted by Crippen LogP contribution is -2.44. The van der Waals surface area contributed by atoms with Crippen molar-refractivity contribution in [3.05, 3.63) is 35.9 Å². The van der Waals surface area contributed by atoms with E-state index in [0.29, 0.717) is 11.8 Å². The number of aliphatic carboxylic acids is 1. The van der Waals surface area contributed by atoms with Gasteiger partial charge in [-0.05, 0) is 48.2 Å². The lowest BCUT2D eigenvalue weighted by Gasteiger charge is -2.31. The number of rotatable bonds is 7. The number of carbonyl (C=O) groups is 1. The van der Waals surface area contributed by atoms with Crippen LogP contribution in [0.25, 0.3) is 0 Å². The summed E-state index contributed by atoms with van der Waals surface area (Å²) >= 11 is 2.00. The van der Waals surface area contributed by atoms with E-state index in [2.05, 4.69) is 17.0 Å². The van der Waals surface area contributed by atoms with Crippen molar-refractivity contribution in [1.29, 1.82) is 0 Å². The minimum Gasteiger partial charge on any atom is -0.480 e. The summed E-state index contributed by atoms with van der Waals surface area (Å²) in [6.45, 7) is 1.69. The maximum absolute atomic E-state index is 11.7. The van der Waals surface area contributed by atoms with E-state index in [1.54, 1.807) is 0 Å². The number of hydrogen-bond acceptors (Lipinski definition) is 3. The van der Waals surface area contributed by atoms with Crippen LogP contribution in [0.15, 0.2) is 30.3 Å². The standard InChI is InChI=1S/C17H23NO2S/c19-17(20)16(15-6-7-15)18(11-14-8-9-21-12-14)10-13-4-2-1-3-5-13/h1-5,14-16H,6-12H2,(H,19,20). The van der Waals surface area contributed by atoms with Crippen molar-refractivity contribution in [2.45, 2.75) is 31.8 Å². The summed E-state index contributed by atoms with van der Waals surface area (Å²) in [5.74, 6) is 2.78. The Morgan fingerprint density at radius 3 is 2.62 bits per heavy atom. The first kappa shape index (κ1) is 14.9. The lowest BCUT2D eigenvalue weighted by atomic mass is 10.0. The third-order valence-corrected chi connectivity index (χ3v) is 5.69. The molecule has 3 nitrogen and oxygen atoms in total. The first-order chi connectivity index (χ1) is 10.2. The predicted molar refractivity (Wildman–Crippen MR) is 86.4 cm³/mol. The largest absolute Gasteiger partial charge is 0.480 e. The maximum Gasteiger partial charge on any atom is 0.321 e. The monoisotopic (exact) mass is 305 g/mol. The average molecular weight is 305 g/mol. The molecule has 0 aromatic heterocycles. The minimum atomic E-state index is -0.640. The minimum absolute atomic E-state index is 0.296. The molecule has 0 bridgehead atoms. The number of benzene rings is 1. The van der Waals surface area contributed by atoms with Crippen LogP contribution in [0.1, 0.15) is 24.8 Å². The van der Waals surface area contributed by atoms with Gasteiger partial charge in [-0.2, -0.15) is 11.8 Å². The van der Waals surface area contributed by atoms with E-state index in [-0.39, 0.29) is 6.04 Å². The molecule has 1 aromatic carbocycles. The molecule has 1 N–H and O–H groups in total. The van der Waals surface area contributed by atoms with Gasteiger partial charge >= 0.3 is 5.97 Å². The van der Waals surface area contributed by atoms with Gasteiger partial charge in [0, 0.05) is 13.1 Å². The molecule has 0 amide bonds. The highest BCUT2D eigenvalue weighted by Gasteiger charge is 2.41. The topological polar surface area (TPSA) is 40.5 Å². The summed E-state index contributed by atoms with van der Waals surface area (Å²) in [7, 11) is 0. The van der Waals surface area contributed by atoms with Gasteiger partial charge < -0.3 is 5.11 Å². The molecular formula is C17H23NO2S. The first-order valence-electron chi connectivity index (χ1n) is 7.82. The van der Waals surface area contributed by atoms with Crippen LogP contribution in [0, 0.1) is 11.8 Å². The van der Waals surface area contributed by atoms with Crippen LogP contribution in [0.3, 0.4) is 0 Å². The summed E-state index contributed by atoms with van der Waals surface area (Å²) in [5, 5.41) is 9.66. The van der Waals surface area contributed by atoms with Crippen molar-refractivity contribution in [3.63, 3.8) is 0 Å². The summed E-state index contributed by atoms with van der Waals surface area (Å²) in [5.41, 5.74) is 1.22. The van der Waals surface area contributed by atoms with Gasteiger partial charge in [-0.3, -0.25) is 9.69 Å². The van der Waals surface area contributed by atoms with Gasteiger partial charge in [0.2, 0.25) is 0 Å². The third-order valence-electron chi connectivity index (χ3n) is 4.46. The molecule has 1 aliphatic heterocycles. The Morgan fingerprint density at radius 1 is 1.29 bits per heavy atom. The van der Waals surface area contributed by atoms with Crippen molar-refractivity contribution in [1.82, 2.24) is 4.90 Å². The van der Waals surface area contributed by atoms with Crippen molar-refractivity contribution in [2.24, 2.45) is 11.8 Å². The molecule has 1 heterocycles. The van der Waals surface area contributed by atoms with Crippen LogP contribution in [0.2, 0.25) is 0 Å². The van der Waals surface area contributed by atoms with Gasteiger partial charge in [0.1, 0.15) is 6.04 Å². The highest BCUT2D eigenvalue weighted by molar-refractivity contribution is 7.99. The Kier molecular flexibility index (Phi) is 4.86. The van der Waals surface area contributed by atoms with E-state index in [0.717, 1.165) is 25.9 Å². The number of nitrogens with zero attached hydrogens (tertiary/aromatic N) is 1. The Hall–Kier alpha value is -1.00. The average Bonchev–Trinajstić information content (AvgIpc) is 3.15. The van der Waals surface area contributed by atoms with Crippen molar-refractivity contribution < 1.29 is 9.90 Å². The highest BCUT2D eigenvalue weighted by Crippen LogP contribution is 2.37. The number of carboxylic acids is 1. The van der Waals surface area contributed by atoms with E-state index < -0.39 is 5.97 Å². The molecule has 114 valence electrons.